The van der Waals surface area contributed by atoms with Gasteiger partial charge in [0.1, 0.15) is 18.1 Å². The lowest BCUT2D eigenvalue weighted by Gasteiger charge is -2.41. The quantitative estimate of drug-likeness (QED) is 0.494. The van der Waals surface area contributed by atoms with Gasteiger partial charge in [-0.25, -0.2) is 4.79 Å². The van der Waals surface area contributed by atoms with Crippen LogP contribution in [0.5, 0.6) is 5.75 Å². The molecule has 7 heteroatoms. The van der Waals surface area contributed by atoms with Crippen molar-refractivity contribution in [3.63, 3.8) is 0 Å². The first-order valence-electron chi connectivity index (χ1n) is 11.5. The zero-order chi connectivity index (χ0) is 23.0. The molecule has 2 aromatic carbocycles. The summed E-state index contributed by atoms with van der Waals surface area (Å²) in [5, 5.41) is 0.750. The van der Waals surface area contributed by atoms with E-state index in [-0.39, 0.29) is 17.3 Å². The van der Waals surface area contributed by atoms with Crippen LogP contribution in [-0.2, 0) is 26.1 Å². The topological polar surface area (TPSA) is 65.1 Å². The summed E-state index contributed by atoms with van der Waals surface area (Å²) in [5.41, 5.74) is 3.67. The maximum atomic E-state index is 12.3. The van der Waals surface area contributed by atoms with Crippen LogP contribution in [0.4, 0.5) is 5.69 Å². The minimum atomic E-state index is -0.408. The Hall–Kier alpha value is -2.57. The molecule has 6 nitrogen and oxygen atoms in total. The monoisotopic (exact) mass is 469 g/mol. The first kappa shape index (κ1) is 22.2. The van der Waals surface area contributed by atoms with Crippen molar-refractivity contribution in [2.45, 2.75) is 37.2 Å². The van der Waals surface area contributed by atoms with Gasteiger partial charge in [0.25, 0.3) is 0 Å². The summed E-state index contributed by atoms with van der Waals surface area (Å²) in [4.78, 5) is 26.2. The van der Waals surface area contributed by atoms with Gasteiger partial charge in [0, 0.05) is 36.1 Å². The van der Waals surface area contributed by atoms with E-state index >= 15 is 0 Å². The van der Waals surface area contributed by atoms with E-state index in [1.54, 1.807) is 6.07 Å². The number of nitrogens with zero attached hydrogens (tertiary/aromatic N) is 1. The Morgan fingerprint density at radius 1 is 1.30 bits per heavy atom. The number of halogens is 1. The summed E-state index contributed by atoms with van der Waals surface area (Å²) in [6.45, 7) is 2.50. The van der Waals surface area contributed by atoms with Crippen molar-refractivity contribution in [3.05, 3.63) is 58.1 Å². The first-order chi connectivity index (χ1) is 16.0. The van der Waals surface area contributed by atoms with Gasteiger partial charge in [-0.15, -0.1) is 0 Å². The molecule has 0 unspecified atom stereocenters. The summed E-state index contributed by atoms with van der Waals surface area (Å²) < 4.78 is 17.0. The Balaban J connectivity index is 1.57. The van der Waals surface area contributed by atoms with Gasteiger partial charge in [-0.05, 0) is 67.1 Å². The minimum Gasteiger partial charge on any atom is -0.490 e. The average Bonchev–Trinajstić information content (AvgIpc) is 3.22. The Kier molecular flexibility index (Phi) is 6.06. The van der Waals surface area contributed by atoms with Crippen molar-refractivity contribution in [1.29, 1.82) is 0 Å². The van der Waals surface area contributed by atoms with Gasteiger partial charge in [-0.1, -0.05) is 17.7 Å². The van der Waals surface area contributed by atoms with Crippen LogP contribution >= 0.6 is 11.6 Å². The van der Waals surface area contributed by atoms with E-state index in [9.17, 15) is 9.59 Å². The molecule has 1 fully saturated rings. The van der Waals surface area contributed by atoms with Gasteiger partial charge >= 0.3 is 5.97 Å². The van der Waals surface area contributed by atoms with E-state index in [0.29, 0.717) is 25.3 Å². The smallest absolute Gasteiger partial charge is 0.337 e. The lowest BCUT2D eigenvalue weighted by Crippen LogP contribution is -2.47. The van der Waals surface area contributed by atoms with Gasteiger partial charge in [-0.3, -0.25) is 0 Å². The molecular weight excluding hydrogens is 442 g/mol. The van der Waals surface area contributed by atoms with E-state index in [2.05, 4.69) is 17.0 Å². The predicted octanol–water partition coefficient (Wildman–Crippen LogP) is 4.20. The number of fused-ring (bicyclic) bond motifs is 3. The zero-order valence-corrected chi connectivity index (χ0v) is 19.5. The van der Waals surface area contributed by atoms with Crippen molar-refractivity contribution in [1.82, 2.24) is 0 Å². The number of benzene rings is 2. The van der Waals surface area contributed by atoms with Gasteiger partial charge in [0.05, 0.1) is 25.0 Å². The highest BCUT2D eigenvalue weighted by Crippen LogP contribution is 2.45. The third-order valence-corrected chi connectivity index (χ3v) is 7.55. The lowest BCUT2D eigenvalue weighted by atomic mass is 9.70. The molecule has 0 aromatic heterocycles. The molecular formula is C26H28ClNO5. The van der Waals surface area contributed by atoms with Crippen LogP contribution in [0.25, 0.3) is 0 Å². The number of hydrogen-bond acceptors (Lipinski definition) is 6. The molecule has 1 spiro atoms. The van der Waals surface area contributed by atoms with Crippen molar-refractivity contribution in [2.24, 2.45) is 5.92 Å². The predicted molar refractivity (Wildman–Crippen MR) is 125 cm³/mol. The Morgan fingerprint density at radius 2 is 2.18 bits per heavy atom. The number of methoxy groups -OCH3 is 1. The van der Waals surface area contributed by atoms with Crippen molar-refractivity contribution in [3.8, 4) is 5.75 Å². The minimum absolute atomic E-state index is 0.0839. The highest BCUT2D eigenvalue weighted by atomic mass is 35.5. The number of carbonyl (C=O) groups is 2. The van der Waals surface area contributed by atoms with E-state index in [4.69, 9.17) is 25.8 Å². The Bertz CT molecular complexity index is 1070. The number of esters is 1. The van der Waals surface area contributed by atoms with Crippen LogP contribution in [-0.4, -0.2) is 51.8 Å². The maximum Gasteiger partial charge on any atom is 0.337 e. The molecule has 1 saturated heterocycles. The third kappa shape index (κ3) is 4.11. The summed E-state index contributed by atoms with van der Waals surface area (Å²) >= 11 is 6.31. The van der Waals surface area contributed by atoms with Gasteiger partial charge < -0.3 is 23.9 Å². The molecule has 0 amide bonds. The summed E-state index contributed by atoms with van der Waals surface area (Å²) in [6.07, 6.45) is 4.37. The second-order valence-electron chi connectivity index (χ2n) is 9.30. The second kappa shape index (κ2) is 8.99. The third-order valence-electron chi connectivity index (χ3n) is 7.31. The zero-order valence-electron chi connectivity index (χ0n) is 18.7. The lowest BCUT2D eigenvalue weighted by molar-refractivity contribution is -0.116. The molecule has 2 aliphatic heterocycles. The second-order valence-corrected chi connectivity index (χ2v) is 9.74. The molecule has 3 atom stereocenters. The fourth-order valence-corrected chi connectivity index (χ4v) is 5.84. The van der Waals surface area contributed by atoms with E-state index in [0.717, 1.165) is 55.0 Å². The molecule has 1 aliphatic carbocycles. The normalized spacial score (nSPS) is 26.2. The molecule has 2 aromatic rings. The highest BCUT2D eigenvalue weighted by molar-refractivity contribution is 6.30. The van der Waals surface area contributed by atoms with Crippen LogP contribution in [0.1, 0.15) is 40.7 Å². The van der Waals surface area contributed by atoms with Gasteiger partial charge in [0.15, 0.2) is 0 Å². The molecule has 0 bridgehead atoms. The summed E-state index contributed by atoms with van der Waals surface area (Å²) in [7, 11) is 1.38. The number of aryl methyl sites for hydroxylation is 1. The van der Waals surface area contributed by atoms with Crippen LogP contribution < -0.4 is 9.64 Å². The fraction of sp³-hybridized carbons (Fsp3) is 0.462. The largest absolute Gasteiger partial charge is 0.490 e. The van der Waals surface area contributed by atoms with Gasteiger partial charge in [0.2, 0.25) is 0 Å². The van der Waals surface area contributed by atoms with Crippen molar-refractivity contribution >= 4 is 29.5 Å². The molecule has 33 heavy (non-hydrogen) atoms. The number of hydrogen-bond donors (Lipinski definition) is 0. The molecule has 0 saturated carbocycles. The van der Waals surface area contributed by atoms with Crippen LogP contribution in [0.3, 0.4) is 0 Å². The average molecular weight is 470 g/mol. The number of rotatable bonds is 4. The number of anilines is 1. The van der Waals surface area contributed by atoms with Crippen molar-refractivity contribution in [2.75, 3.05) is 38.3 Å². The number of aldehydes is 1. The standard InChI is InChI=1S/C26H28ClNO5/c1-31-25(30)18-4-7-23-22(12-18)28(13-19-8-10-32-24(19)14-29)15-26(16-33-23)9-2-3-17-11-20(27)5-6-21(17)26/h4-7,11-12,14,19,24H,2-3,8-10,13,15-16H2,1H3/t19-,24-,26-/m0/s1. The molecule has 0 N–H and O–H groups in total. The Morgan fingerprint density at radius 3 is 3.00 bits per heavy atom. The van der Waals surface area contributed by atoms with Crippen LogP contribution in [0.15, 0.2) is 36.4 Å². The number of carbonyl (C=O) groups excluding carboxylic acids is 2. The van der Waals surface area contributed by atoms with E-state index in [1.165, 1.54) is 18.2 Å². The highest BCUT2D eigenvalue weighted by Gasteiger charge is 2.43. The first-order valence-corrected chi connectivity index (χ1v) is 11.9. The molecule has 0 radical (unpaired) electrons. The summed E-state index contributed by atoms with van der Waals surface area (Å²) in [5.74, 6) is 0.437. The number of ether oxygens (including phenoxy) is 3. The molecule has 3 aliphatic rings. The molecule has 174 valence electrons. The van der Waals surface area contributed by atoms with Crippen LogP contribution in [0.2, 0.25) is 5.02 Å². The van der Waals surface area contributed by atoms with Crippen LogP contribution in [0, 0.1) is 5.92 Å². The Labute approximate surface area is 198 Å². The van der Waals surface area contributed by atoms with Gasteiger partial charge in [-0.2, -0.15) is 0 Å². The molecule has 2 heterocycles. The summed E-state index contributed by atoms with van der Waals surface area (Å²) in [6, 6.07) is 11.6. The SMILES string of the molecule is COC(=O)c1ccc2c(c1)N(C[C@@H]1CCO[C@H]1C=O)C[C@@]1(CCCc3cc(Cl)ccc31)CO2. The van der Waals surface area contributed by atoms with Crippen molar-refractivity contribution < 1.29 is 23.8 Å². The fourth-order valence-electron chi connectivity index (χ4n) is 5.64. The maximum absolute atomic E-state index is 12.3. The molecule has 5 rings (SSSR count). The van der Waals surface area contributed by atoms with E-state index in [1.807, 2.05) is 18.2 Å². The van der Waals surface area contributed by atoms with E-state index < -0.39 is 6.10 Å².